The predicted octanol–water partition coefficient (Wildman–Crippen LogP) is -3.25. The van der Waals surface area contributed by atoms with Crippen LogP contribution in [0, 0.1) is 35.5 Å². The van der Waals surface area contributed by atoms with Crippen molar-refractivity contribution in [3.8, 4) is 0 Å². The standard InChI is InChI=1S/C46H83N11O14/c1-13-25(11)36(57-40(64)29(16-22(5)6)51-38(62)27(47)19-58)44(68)52-30(17-32(48)60)41(65)54-34(23(7)8)43(67)49-18-33(61)50-28(15-21(3)4)39(63)56-37(26(12)14-2)45(69)53-31(20-59)42(66)55-35(24(9)10)46(70)71/h21-31,34-37,58-59H,13-20,47H2,1-12H3,(H2,48,60)(H,49,67)(H,50,61)(H,51,62)(H,52,68)(H,53,69)(H,54,65)(H,55,66)(H,56,63)(H,57,64)(H,70,71)/t25-,26-,27-,28-,29-,30-,31-,34-,35-,36-,37-/m0/s1. The van der Waals surface area contributed by atoms with Gasteiger partial charge in [-0.05, 0) is 48.3 Å². The Hall–Kier alpha value is -5.95. The van der Waals surface area contributed by atoms with Crippen molar-refractivity contribution in [1.82, 2.24) is 47.9 Å². The number of carboxylic acid groups (broad SMARTS) is 1. The van der Waals surface area contributed by atoms with E-state index in [4.69, 9.17) is 11.5 Å². The molecule has 25 heteroatoms. The molecule has 0 radical (unpaired) electrons. The van der Waals surface area contributed by atoms with Gasteiger partial charge in [0.05, 0.1) is 26.2 Å². The lowest BCUT2D eigenvalue weighted by Gasteiger charge is -2.29. The molecular weight excluding hydrogens is 931 g/mol. The number of nitrogens with one attached hydrogen (secondary N) is 9. The van der Waals surface area contributed by atoms with E-state index in [2.05, 4.69) is 47.9 Å². The van der Waals surface area contributed by atoms with Crippen LogP contribution in [-0.4, -0.2) is 154 Å². The first-order valence-corrected chi connectivity index (χ1v) is 24.1. The van der Waals surface area contributed by atoms with Gasteiger partial charge in [0.2, 0.25) is 59.1 Å². The molecule has 0 fully saturated rings. The summed E-state index contributed by atoms with van der Waals surface area (Å²) in [7, 11) is 0. The Morgan fingerprint density at radius 2 is 0.831 bits per heavy atom. The van der Waals surface area contributed by atoms with Crippen LogP contribution in [0.4, 0.5) is 0 Å². The van der Waals surface area contributed by atoms with E-state index in [1.807, 2.05) is 0 Å². The maximum atomic E-state index is 13.8. The van der Waals surface area contributed by atoms with Crippen molar-refractivity contribution in [3.05, 3.63) is 0 Å². The lowest BCUT2D eigenvalue weighted by Crippen LogP contribution is -2.61. The SMILES string of the molecule is CC[C@H](C)[C@H](NC(=O)[C@H](CC(C)C)NC(=O)CNC(=O)[C@@H](NC(=O)[C@H](CC(N)=O)NC(=O)[C@@H](NC(=O)[C@H](CC(C)C)NC(=O)[C@@H](N)CO)[C@@H](C)CC)C(C)C)C(=O)N[C@@H](CO)C(=O)N[C@H](C(=O)O)C(C)C. The summed E-state index contributed by atoms with van der Waals surface area (Å²) in [4.78, 5) is 144. The van der Waals surface area contributed by atoms with Crippen LogP contribution >= 0.6 is 0 Å². The second-order valence-corrected chi connectivity index (χ2v) is 19.5. The fourth-order valence-electron chi connectivity index (χ4n) is 6.89. The van der Waals surface area contributed by atoms with Gasteiger partial charge in [0, 0.05) is 0 Å². The van der Waals surface area contributed by atoms with Crippen LogP contribution in [0.25, 0.3) is 0 Å². The molecule has 71 heavy (non-hydrogen) atoms. The number of primary amides is 1. The Balaban J connectivity index is 6.21. The van der Waals surface area contributed by atoms with E-state index in [0.29, 0.717) is 12.8 Å². The van der Waals surface area contributed by atoms with Gasteiger partial charge in [-0.3, -0.25) is 47.9 Å². The zero-order valence-corrected chi connectivity index (χ0v) is 43.3. The van der Waals surface area contributed by atoms with E-state index in [-0.39, 0.29) is 24.7 Å². The maximum Gasteiger partial charge on any atom is 0.326 e. The van der Waals surface area contributed by atoms with E-state index in [1.165, 1.54) is 0 Å². The fourth-order valence-corrected chi connectivity index (χ4v) is 6.89. The predicted molar refractivity (Wildman–Crippen MR) is 260 cm³/mol. The highest BCUT2D eigenvalue weighted by Crippen LogP contribution is 2.14. The Kier molecular flexibility index (Phi) is 29.4. The van der Waals surface area contributed by atoms with Crippen LogP contribution in [0.15, 0.2) is 0 Å². The molecule has 0 aliphatic carbocycles. The number of aliphatic hydroxyl groups excluding tert-OH is 2. The van der Waals surface area contributed by atoms with Crippen molar-refractivity contribution in [2.45, 2.75) is 170 Å². The van der Waals surface area contributed by atoms with Crippen LogP contribution in [0.2, 0.25) is 0 Å². The number of carbonyl (C=O) groups excluding carboxylic acids is 10. The van der Waals surface area contributed by atoms with Gasteiger partial charge in [0.15, 0.2) is 0 Å². The van der Waals surface area contributed by atoms with Crippen LogP contribution in [-0.2, 0) is 52.7 Å². The third-order valence-electron chi connectivity index (χ3n) is 11.6. The largest absolute Gasteiger partial charge is 0.480 e. The fraction of sp³-hybridized carbons (Fsp3) is 0.761. The van der Waals surface area contributed by atoms with E-state index in [9.17, 15) is 68.1 Å². The number of hydrogen-bond acceptors (Lipinski definition) is 14. The van der Waals surface area contributed by atoms with Crippen molar-refractivity contribution >= 4 is 65.0 Å². The molecule has 10 amide bonds. The molecule has 0 bridgehead atoms. The van der Waals surface area contributed by atoms with Crippen molar-refractivity contribution in [1.29, 1.82) is 0 Å². The number of rotatable bonds is 33. The lowest BCUT2D eigenvalue weighted by molar-refractivity contribution is -0.144. The summed E-state index contributed by atoms with van der Waals surface area (Å²) in [6.45, 7) is 17.9. The summed E-state index contributed by atoms with van der Waals surface area (Å²) in [5, 5.41) is 51.0. The van der Waals surface area contributed by atoms with Gasteiger partial charge in [-0.2, -0.15) is 0 Å². The minimum absolute atomic E-state index is 0.0709. The van der Waals surface area contributed by atoms with Gasteiger partial charge in [-0.25, -0.2) is 4.79 Å². The first kappa shape index (κ1) is 65.0. The first-order chi connectivity index (χ1) is 32.9. The summed E-state index contributed by atoms with van der Waals surface area (Å²) >= 11 is 0. The van der Waals surface area contributed by atoms with Crippen molar-refractivity contribution in [3.63, 3.8) is 0 Å². The summed E-state index contributed by atoms with van der Waals surface area (Å²) in [5.41, 5.74) is 11.1. The molecule has 0 heterocycles. The Labute approximate surface area is 416 Å². The number of aliphatic carboxylic acids is 1. The monoisotopic (exact) mass is 1010 g/mol. The summed E-state index contributed by atoms with van der Waals surface area (Å²) in [5.74, 6) is -12.6. The normalized spacial score (nSPS) is 16.0. The highest BCUT2D eigenvalue weighted by Gasteiger charge is 2.37. The molecule has 0 aliphatic rings. The van der Waals surface area contributed by atoms with Crippen LogP contribution in [0.1, 0.15) is 115 Å². The average Bonchev–Trinajstić information content (AvgIpc) is 3.28. The summed E-state index contributed by atoms with van der Waals surface area (Å²) in [6.07, 6.45) is 0.206. The Morgan fingerprint density at radius 3 is 1.21 bits per heavy atom. The zero-order valence-electron chi connectivity index (χ0n) is 43.3. The van der Waals surface area contributed by atoms with E-state index >= 15 is 0 Å². The van der Waals surface area contributed by atoms with E-state index in [1.54, 1.807) is 83.1 Å². The molecular formula is C46H83N11O14. The maximum absolute atomic E-state index is 13.8. The molecule has 0 saturated heterocycles. The second-order valence-electron chi connectivity index (χ2n) is 19.5. The lowest BCUT2D eigenvalue weighted by atomic mass is 9.96. The van der Waals surface area contributed by atoms with Gasteiger partial charge >= 0.3 is 5.97 Å². The number of nitrogens with two attached hydrogens (primary N) is 2. The summed E-state index contributed by atoms with van der Waals surface area (Å²) in [6, 6.07) is -12.2. The number of hydrogen-bond donors (Lipinski definition) is 14. The van der Waals surface area contributed by atoms with Crippen molar-refractivity contribution in [2.75, 3.05) is 19.8 Å². The van der Waals surface area contributed by atoms with E-state index in [0.717, 1.165) is 0 Å². The van der Waals surface area contributed by atoms with Crippen LogP contribution in [0.3, 0.4) is 0 Å². The molecule has 11 atom stereocenters. The molecule has 16 N–H and O–H groups in total. The molecule has 0 aliphatic heterocycles. The molecule has 0 aromatic rings. The highest BCUT2D eigenvalue weighted by atomic mass is 16.4. The number of carbonyl (C=O) groups is 11. The van der Waals surface area contributed by atoms with E-state index < -0.39 is 169 Å². The molecule has 25 nitrogen and oxygen atoms in total. The van der Waals surface area contributed by atoms with Gasteiger partial charge in [-0.1, -0.05) is 95.9 Å². The number of carboxylic acids is 1. The molecule has 0 spiro atoms. The minimum atomic E-state index is -1.65. The summed E-state index contributed by atoms with van der Waals surface area (Å²) < 4.78 is 0. The van der Waals surface area contributed by atoms with Gasteiger partial charge in [0.1, 0.15) is 54.4 Å². The quantitative estimate of drug-likeness (QED) is 0.0307. The van der Waals surface area contributed by atoms with Crippen molar-refractivity contribution in [2.24, 2.45) is 47.0 Å². The third-order valence-corrected chi connectivity index (χ3v) is 11.6. The zero-order chi connectivity index (χ0) is 55.0. The van der Waals surface area contributed by atoms with Gasteiger partial charge in [0.25, 0.3) is 0 Å². The molecule has 0 rings (SSSR count). The first-order valence-electron chi connectivity index (χ1n) is 24.1. The van der Waals surface area contributed by atoms with Crippen molar-refractivity contribution < 1.29 is 68.1 Å². The van der Waals surface area contributed by atoms with Gasteiger partial charge < -0.3 is 74.6 Å². The van der Waals surface area contributed by atoms with Gasteiger partial charge in [-0.15, -0.1) is 0 Å². The smallest absolute Gasteiger partial charge is 0.326 e. The Bertz CT molecular complexity index is 1830. The number of amides is 10. The molecule has 0 saturated carbocycles. The topological polar surface area (TPSA) is 409 Å². The molecule has 0 aromatic carbocycles. The molecule has 406 valence electrons. The molecule has 0 unspecified atom stereocenters. The van der Waals surface area contributed by atoms with Crippen LogP contribution in [0.5, 0.6) is 0 Å². The third kappa shape index (κ3) is 23.2. The minimum Gasteiger partial charge on any atom is -0.480 e. The second kappa shape index (κ2) is 32.1. The average molecular weight is 1010 g/mol. The Morgan fingerprint density at radius 1 is 0.451 bits per heavy atom. The molecule has 0 aromatic heterocycles. The number of aliphatic hydroxyl groups is 2. The highest BCUT2D eigenvalue weighted by molar-refractivity contribution is 5.99. The van der Waals surface area contributed by atoms with Crippen LogP contribution < -0.4 is 59.3 Å².